The molecule has 6 rings (SSSR count). The number of likely N-dealkylation sites (tertiary alicyclic amines) is 1. The first-order chi connectivity index (χ1) is 17.6. The molecule has 0 spiro atoms. The molecule has 2 N–H and O–H groups in total. The highest BCUT2D eigenvalue weighted by molar-refractivity contribution is 9.10. The van der Waals surface area contributed by atoms with Gasteiger partial charge in [-0.05, 0) is 59.0 Å². The van der Waals surface area contributed by atoms with Gasteiger partial charge < -0.3 is 19.7 Å². The van der Waals surface area contributed by atoms with Crippen molar-refractivity contribution in [3.63, 3.8) is 0 Å². The zero-order valence-corrected chi connectivity index (χ0v) is 21.0. The standard InChI is InChI=1S/C27H24BrN5O3/c28-20-16-30-33-25(14-21(31-26(20)33)19-6-2-3-7-22(19)34)29-15-17-9-11-32(12-10-17)27(35)24-13-18-5-1-4-8-23(18)36-24/h1-8,13-14,16-17,29,34H,9-12,15H2. The van der Waals surface area contributed by atoms with Gasteiger partial charge in [0, 0.05) is 36.7 Å². The molecule has 2 aromatic carbocycles. The summed E-state index contributed by atoms with van der Waals surface area (Å²) in [5.74, 6) is 1.72. The minimum Gasteiger partial charge on any atom is -0.507 e. The van der Waals surface area contributed by atoms with Crippen molar-refractivity contribution in [3.8, 4) is 17.0 Å². The van der Waals surface area contributed by atoms with E-state index in [0.29, 0.717) is 41.7 Å². The van der Waals surface area contributed by atoms with E-state index in [2.05, 4.69) is 26.3 Å². The lowest BCUT2D eigenvalue weighted by atomic mass is 9.96. The normalized spacial score (nSPS) is 14.5. The van der Waals surface area contributed by atoms with Crippen LogP contribution in [0, 0.1) is 5.92 Å². The predicted molar refractivity (Wildman–Crippen MR) is 141 cm³/mol. The molecular formula is C27H24BrN5O3. The molecule has 36 heavy (non-hydrogen) atoms. The number of furan rings is 1. The fourth-order valence-electron chi connectivity index (χ4n) is 4.72. The minimum absolute atomic E-state index is 0.0536. The summed E-state index contributed by atoms with van der Waals surface area (Å²) in [6, 6.07) is 18.6. The lowest BCUT2D eigenvalue weighted by Gasteiger charge is -2.31. The third-order valence-corrected chi connectivity index (χ3v) is 7.28. The second kappa shape index (κ2) is 9.31. The van der Waals surface area contributed by atoms with Gasteiger partial charge in [0.1, 0.15) is 17.2 Å². The van der Waals surface area contributed by atoms with Crippen LogP contribution in [0.4, 0.5) is 5.82 Å². The van der Waals surface area contributed by atoms with Crippen molar-refractivity contribution in [2.24, 2.45) is 5.92 Å². The number of aromatic nitrogens is 3. The Morgan fingerprint density at radius 1 is 1.11 bits per heavy atom. The SMILES string of the molecule is O=C(c1cc2ccccc2o1)N1CCC(CNc2cc(-c3ccccc3O)nc3c(Br)cnn23)CC1. The number of carbonyl (C=O) groups excluding carboxylic acids is 1. The molecule has 0 atom stereocenters. The molecule has 5 aromatic rings. The summed E-state index contributed by atoms with van der Waals surface area (Å²) >= 11 is 3.52. The Bertz CT molecular complexity index is 1540. The third-order valence-electron chi connectivity index (χ3n) is 6.72. The number of fused-ring (bicyclic) bond motifs is 2. The van der Waals surface area contributed by atoms with Crippen molar-refractivity contribution < 1.29 is 14.3 Å². The van der Waals surface area contributed by atoms with E-state index in [1.54, 1.807) is 22.8 Å². The van der Waals surface area contributed by atoms with Crippen molar-refractivity contribution in [1.82, 2.24) is 19.5 Å². The molecule has 8 nitrogen and oxygen atoms in total. The van der Waals surface area contributed by atoms with Crippen LogP contribution in [-0.4, -0.2) is 50.1 Å². The number of benzene rings is 2. The molecule has 0 bridgehead atoms. The molecule has 4 heterocycles. The zero-order chi connectivity index (χ0) is 24.6. The van der Waals surface area contributed by atoms with E-state index < -0.39 is 0 Å². The van der Waals surface area contributed by atoms with E-state index in [0.717, 1.165) is 40.6 Å². The van der Waals surface area contributed by atoms with Gasteiger partial charge in [-0.15, -0.1) is 0 Å². The largest absolute Gasteiger partial charge is 0.507 e. The van der Waals surface area contributed by atoms with Crippen molar-refractivity contribution in [2.75, 3.05) is 25.0 Å². The Kier molecular flexibility index (Phi) is 5.85. The summed E-state index contributed by atoms with van der Waals surface area (Å²) in [4.78, 5) is 19.5. The number of phenols is 1. The zero-order valence-electron chi connectivity index (χ0n) is 19.4. The number of anilines is 1. The van der Waals surface area contributed by atoms with Gasteiger partial charge in [0.05, 0.1) is 16.4 Å². The highest BCUT2D eigenvalue weighted by atomic mass is 79.9. The quantitative estimate of drug-likeness (QED) is 0.299. The molecule has 0 unspecified atom stereocenters. The maximum absolute atomic E-state index is 13.0. The molecule has 1 aliphatic rings. The Morgan fingerprint density at radius 3 is 2.69 bits per heavy atom. The average Bonchev–Trinajstić information content (AvgIpc) is 3.51. The van der Waals surface area contributed by atoms with E-state index in [9.17, 15) is 9.90 Å². The van der Waals surface area contributed by atoms with Crippen LogP contribution in [0.2, 0.25) is 0 Å². The fourth-order valence-corrected chi connectivity index (χ4v) is 5.07. The number of carbonyl (C=O) groups is 1. The monoisotopic (exact) mass is 545 g/mol. The summed E-state index contributed by atoms with van der Waals surface area (Å²) in [6.07, 6.45) is 3.49. The average molecular weight is 546 g/mol. The fraction of sp³-hybridized carbons (Fsp3) is 0.222. The number of amides is 1. The van der Waals surface area contributed by atoms with E-state index >= 15 is 0 Å². The highest BCUT2D eigenvalue weighted by Crippen LogP contribution is 2.31. The first-order valence-corrected chi connectivity index (χ1v) is 12.7. The van der Waals surface area contributed by atoms with Crippen molar-refractivity contribution in [3.05, 3.63) is 77.1 Å². The molecule has 1 saturated heterocycles. The Labute approximate surface area is 215 Å². The summed E-state index contributed by atoms with van der Waals surface area (Å²) in [5.41, 5.74) is 2.73. The molecular weight excluding hydrogens is 522 g/mol. The number of hydrogen-bond donors (Lipinski definition) is 2. The Morgan fingerprint density at radius 2 is 1.89 bits per heavy atom. The number of phenolic OH excluding ortho intramolecular Hbond substituents is 1. The van der Waals surface area contributed by atoms with Crippen LogP contribution < -0.4 is 5.32 Å². The van der Waals surface area contributed by atoms with Crippen LogP contribution in [0.25, 0.3) is 27.9 Å². The summed E-state index contributed by atoms with van der Waals surface area (Å²) in [7, 11) is 0. The summed E-state index contributed by atoms with van der Waals surface area (Å²) in [6.45, 7) is 2.11. The van der Waals surface area contributed by atoms with Gasteiger partial charge in [-0.3, -0.25) is 4.79 Å². The van der Waals surface area contributed by atoms with Gasteiger partial charge in [-0.1, -0.05) is 30.3 Å². The number of hydrogen-bond acceptors (Lipinski definition) is 6. The van der Waals surface area contributed by atoms with Crippen molar-refractivity contribution >= 4 is 44.3 Å². The van der Waals surface area contributed by atoms with Crippen LogP contribution in [0.1, 0.15) is 23.4 Å². The molecule has 0 saturated carbocycles. The topological polar surface area (TPSA) is 95.9 Å². The summed E-state index contributed by atoms with van der Waals surface area (Å²) < 4.78 is 8.31. The predicted octanol–water partition coefficient (Wildman–Crippen LogP) is 5.57. The number of nitrogens with zero attached hydrogens (tertiary/aromatic N) is 4. The number of aromatic hydroxyl groups is 1. The maximum atomic E-state index is 13.0. The van der Waals surface area contributed by atoms with E-state index in [1.165, 1.54) is 0 Å². The number of nitrogens with one attached hydrogen (secondary N) is 1. The number of para-hydroxylation sites is 2. The molecule has 182 valence electrons. The van der Waals surface area contributed by atoms with E-state index in [-0.39, 0.29) is 11.7 Å². The molecule has 0 radical (unpaired) electrons. The lowest BCUT2D eigenvalue weighted by Crippen LogP contribution is -2.39. The second-order valence-corrected chi connectivity index (χ2v) is 9.89. The molecule has 9 heteroatoms. The molecule has 0 aliphatic carbocycles. The van der Waals surface area contributed by atoms with E-state index in [1.807, 2.05) is 53.4 Å². The van der Waals surface area contributed by atoms with Crippen LogP contribution >= 0.6 is 15.9 Å². The lowest BCUT2D eigenvalue weighted by molar-refractivity contribution is 0.0665. The highest BCUT2D eigenvalue weighted by Gasteiger charge is 2.26. The first-order valence-electron chi connectivity index (χ1n) is 11.9. The third kappa shape index (κ3) is 4.19. The van der Waals surface area contributed by atoms with Crippen LogP contribution in [0.5, 0.6) is 5.75 Å². The summed E-state index contributed by atoms with van der Waals surface area (Å²) in [5, 5.41) is 19.3. The molecule has 1 aliphatic heterocycles. The molecule has 1 fully saturated rings. The van der Waals surface area contributed by atoms with Crippen LogP contribution in [0.15, 0.2) is 75.8 Å². The van der Waals surface area contributed by atoms with Crippen LogP contribution in [-0.2, 0) is 0 Å². The smallest absolute Gasteiger partial charge is 0.289 e. The van der Waals surface area contributed by atoms with Gasteiger partial charge in [0.15, 0.2) is 11.4 Å². The van der Waals surface area contributed by atoms with Crippen LogP contribution in [0.3, 0.4) is 0 Å². The van der Waals surface area contributed by atoms with E-state index in [4.69, 9.17) is 9.40 Å². The van der Waals surface area contributed by atoms with Gasteiger partial charge in [0.25, 0.3) is 5.91 Å². The Balaban J connectivity index is 1.14. The first kappa shape index (κ1) is 22.6. The molecule has 3 aromatic heterocycles. The van der Waals surface area contributed by atoms with Gasteiger partial charge in [0.2, 0.25) is 0 Å². The minimum atomic E-state index is -0.0536. The number of rotatable bonds is 5. The molecule has 1 amide bonds. The number of piperidine rings is 1. The Hall–Kier alpha value is -3.85. The van der Waals surface area contributed by atoms with Gasteiger partial charge in [-0.2, -0.15) is 9.61 Å². The van der Waals surface area contributed by atoms with Gasteiger partial charge >= 0.3 is 0 Å². The maximum Gasteiger partial charge on any atom is 0.289 e. The number of halogens is 1. The van der Waals surface area contributed by atoms with Gasteiger partial charge in [-0.25, -0.2) is 4.98 Å². The van der Waals surface area contributed by atoms with Crippen molar-refractivity contribution in [1.29, 1.82) is 0 Å². The second-order valence-electron chi connectivity index (χ2n) is 9.04. The van der Waals surface area contributed by atoms with Crippen molar-refractivity contribution in [2.45, 2.75) is 12.8 Å².